The van der Waals surface area contributed by atoms with Crippen molar-refractivity contribution in [3.63, 3.8) is 0 Å². The van der Waals surface area contributed by atoms with Crippen LogP contribution >= 0.6 is 0 Å². The molecule has 0 spiro atoms. The van der Waals surface area contributed by atoms with E-state index in [0.717, 1.165) is 0 Å². The Labute approximate surface area is 177 Å². The predicted molar refractivity (Wildman–Crippen MR) is 97.8 cm³/mol. The number of aliphatic hydroxyl groups is 7. The SMILES string of the molecule is CC1OC(OC2C=CC(OC3OC(CO)C(O)C(O)C3O)(C(N)=O)C2)C(O)C(O)C1O. The average Bonchev–Trinajstić information content (AvgIpc) is 3.14. The molecule has 0 aromatic rings. The summed E-state index contributed by atoms with van der Waals surface area (Å²) < 4.78 is 21.8. The highest BCUT2D eigenvalue weighted by molar-refractivity contribution is 5.86. The minimum Gasteiger partial charge on any atom is -0.394 e. The molecular formula is C18H29NO12. The first-order valence-electron chi connectivity index (χ1n) is 9.83. The fraction of sp³-hybridized carbons (Fsp3) is 0.833. The number of aliphatic hydroxyl groups excluding tert-OH is 7. The fourth-order valence-electron chi connectivity index (χ4n) is 3.79. The van der Waals surface area contributed by atoms with Gasteiger partial charge in [0.05, 0.1) is 18.8 Å². The molecule has 2 saturated heterocycles. The van der Waals surface area contributed by atoms with Crippen molar-refractivity contribution in [1.29, 1.82) is 0 Å². The van der Waals surface area contributed by atoms with Crippen molar-refractivity contribution in [2.45, 2.75) is 86.5 Å². The minimum absolute atomic E-state index is 0.225. The van der Waals surface area contributed by atoms with Crippen molar-refractivity contribution in [2.75, 3.05) is 6.61 Å². The van der Waals surface area contributed by atoms with Crippen LogP contribution in [0.2, 0.25) is 0 Å². The van der Waals surface area contributed by atoms with Crippen molar-refractivity contribution in [1.82, 2.24) is 0 Å². The van der Waals surface area contributed by atoms with Gasteiger partial charge in [-0.05, 0) is 13.0 Å². The number of hydrogen-bond donors (Lipinski definition) is 8. The van der Waals surface area contributed by atoms with Gasteiger partial charge in [-0.1, -0.05) is 6.08 Å². The van der Waals surface area contributed by atoms with Gasteiger partial charge in [0, 0.05) is 6.42 Å². The van der Waals surface area contributed by atoms with E-state index in [4.69, 9.17) is 24.7 Å². The number of ether oxygens (including phenoxy) is 4. The molecule has 2 fully saturated rings. The second kappa shape index (κ2) is 9.33. The van der Waals surface area contributed by atoms with Crippen molar-refractivity contribution in [3.8, 4) is 0 Å². The van der Waals surface area contributed by atoms with Gasteiger partial charge in [0.1, 0.15) is 42.7 Å². The van der Waals surface area contributed by atoms with Crippen molar-refractivity contribution < 1.29 is 59.5 Å². The summed E-state index contributed by atoms with van der Waals surface area (Å²) in [6.45, 7) is 0.801. The summed E-state index contributed by atoms with van der Waals surface area (Å²) in [6.07, 6.45) is -12.9. The van der Waals surface area contributed by atoms with E-state index in [1.807, 2.05) is 0 Å². The molecule has 0 saturated carbocycles. The number of carbonyl (C=O) groups is 1. The van der Waals surface area contributed by atoms with Crippen LogP contribution in [0.4, 0.5) is 0 Å². The first-order valence-corrected chi connectivity index (χ1v) is 9.83. The van der Waals surface area contributed by atoms with Gasteiger partial charge in [-0.3, -0.25) is 4.79 Å². The fourth-order valence-corrected chi connectivity index (χ4v) is 3.79. The van der Waals surface area contributed by atoms with Gasteiger partial charge < -0.3 is 60.4 Å². The molecular weight excluding hydrogens is 422 g/mol. The molecule has 0 aromatic carbocycles. The standard InChI is InChI=1S/C18H29NO12/c1-6-9(21)11(23)13(25)15(28-6)29-7-2-3-18(4-7,17(19)27)31-16-14(26)12(24)10(22)8(5-20)30-16/h2-3,6-16,20-26H,4-5H2,1H3,(H2,19,27). The molecule has 0 radical (unpaired) electrons. The van der Waals surface area contributed by atoms with E-state index in [1.54, 1.807) is 0 Å². The number of nitrogens with two attached hydrogens (primary N) is 1. The molecule has 2 aliphatic heterocycles. The molecule has 13 nitrogen and oxygen atoms in total. The summed E-state index contributed by atoms with van der Waals surface area (Å²) in [6, 6.07) is 0. The molecule has 12 unspecified atom stereocenters. The zero-order valence-electron chi connectivity index (χ0n) is 16.7. The van der Waals surface area contributed by atoms with Crippen LogP contribution in [0.3, 0.4) is 0 Å². The molecule has 9 N–H and O–H groups in total. The molecule has 1 amide bonds. The van der Waals surface area contributed by atoms with Crippen LogP contribution in [0, 0.1) is 0 Å². The number of carbonyl (C=O) groups excluding carboxylic acids is 1. The van der Waals surface area contributed by atoms with Crippen LogP contribution in [0.5, 0.6) is 0 Å². The normalized spacial score (nSPS) is 50.5. The second-order valence-corrected chi connectivity index (χ2v) is 7.99. The third kappa shape index (κ3) is 4.62. The zero-order chi connectivity index (χ0) is 23.1. The van der Waals surface area contributed by atoms with E-state index in [1.165, 1.54) is 19.1 Å². The van der Waals surface area contributed by atoms with E-state index in [-0.39, 0.29) is 6.42 Å². The Bertz CT molecular complexity index is 676. The van der Waals surface area contributed by atoms with Gasteiger partial charge >= 0.3 is 0 Å². The topological polar surface area (TPSA) is 222 Å². The van der Waals surface area contributed by atoms with Crippen LogP contribution in [-0.2, 0) is 23.7 Å². The molecule has 31 heavy (non-hydrogen) atoms. The molecule has 0 aromatic heterocycles. The van der Waals surface area contributed by atoms with E-state index in [0.29, 0.717) is 0 Å². The Hall–Kier alpha value is -1.23. The first kappa shape index (κ1) is 24.4. The maximum atomic E-state index is 12.2. The lowest BCUT2D eigenvalue weighted by Gasteiger charge is -2.42. The van der Waals surface area contributed by atoms with Gasteiger partial charge in [0.15, 0.2) is 18.2 Å². The monoisotopic (exact) mass is 451 g/mol. The van der Waals surface area contributed by atoms with Crippen LogP contribution in [0.1, 0.15) is 13.3 Å². The predicted octanol–water partition coefficient (Wildman–Crippen LogP) is -4.80. The Kier molecular flexibility index (Phi) is 7.35. The highest BCUT2D eigenvalue weighted by Gasteiger charge is 2.51. The summed E-state index contributed by atoms with van der Waals surface area (Å²) in [5.74, 6) is -0.972. The lowest BCUT2D eigenvalue weighted by molar-refractivity contribution is -0.321. The Morgan fingerprint density at radius 2 is 1.61 bits per heavy atom. The average molecular weight is 451 g/mol. The van der Waals surface area contributed by atoms with Gasteiger partial charge in [-0.2, -0.15) is 0 Å². The molecule has 1 aliphatic carbocycles. The molecule has 3 aliphatic rings. The lowest BCUT2D eigenvalue weighted by atomic mass is 9.97. The van der Waals surface area contributed by atoms with Gasteiger partial charge in [-0.25, -0.2) is 0 Å². The Balaban J connectivity index is 1.69. The number of rotatable bonds is 6. The van der Waals surface area contributed by atoms with E-state index in [9.17, 15) is 40.5 Å². The number of amides is 1. The van der Waals surface area contributed by atoms with Crippen molar-refractivity contribution in [2.24, 2.45) is 5.73 Å². The molecule has 178 valence electrons. The van der Waals surface area contributed by atoms with Crippen LogP contribution in [-0.4, -0.2) is 121 Å². The Morgan fingerprint density at radius 3 is 2.23 bits per heavy atom. The largest absolute Gasteiger partial charge is 0.394 e. The lowest BCUT2D eigenvalue weighted by Crippen LogP contribution is -2.62. The summed E-state index contributed by atoms with van der Waals surface area (Å²) in [5, 5.41) is 69.0. The molecule has 13 heteroatoms. The molecule has 2 heterocycles. The van der Waals surface area contributed by atoms with E-state index >= 15 is 0 Å². The third-order valence-electron chi connectivity index (χ3n) is 5.79. The van der Waals surface area contributed by atoms with E-state index < -0.39 is 85.6 Å². The molecule has 3 rings (SSSR count). The summed E-state index contributed by atoms with van der Waals surface area (Å²) in [4.78, 5) is 12.2. The minimum atomic E-state index is -1.85. The summed E-state index contributed by atoms with van der Waals surface area (Å²) >= 11 is 0. The van der Waals surface area contributed by atoms with Crippen LogP contribution < -0.4 is 5.73 Å². The maximum absolute atomic E-state index is 12.2. The maximum Gasteiger partial charge on any atom is 0.253 e. The zero-order valence-corrected chi connectivity index (χ0v) is 16.7. The van der Waals surface area contributed by atoms with Crippen LogP contribution in [0.25, 0.3) is 0 Å². The second-order valence-electron chi connectivity index (χ2n) is 7.99. The molecule has 12 atom stereocenters. The third-order valence-corrected chi connectivity index (χ3v) is 5.79. The quantitative estimate of drug-likeness (QED) is 0.178. The van der Waals surface area contributed by atoms with Gasteiger partial charge in [-0.15, -0.1) is 0 Å². The van der Waals surface area contributed by atoms with Crippen LogP contribution in [0.15, 0.2) is 12.2 Å². The van der Waals surface area contributed by atoms with Crippen molar-refractivity contribution in [3.05, 3.63) is 12.2 Å². The first-order chi connectivity index (χ1) is 14.5. The van der Waals surface area contributed by atoms with Gasteiger partial charge in [0.2, 0.25) is 0 Å². The number of hydrogen-bond acceptors (Lipinski definition) is 12. The summed E-state index contributed by atoms with van der Waals surface area (Å²) in [7, 11) is 0. The van der Waals surface area contributed by atoms with Gasteiger partial charge in [0.25, 0.3) is 5.91 Å². The van der Waals surface area contributed by atoms with Crippen molar-refractivity contribution >= 4 is 5.91 Å². The summed E-state index contributed by atoms with van der Waals surface area (Å²) in [5.41, 5.74) is 3.64. The smallest absolute Gasteiger partial charge is 0.253 e. The highest BCUT2D eigenvalue weighted by atomic mass is 16.7. The van der Waals surface area contributed by atoms with E-state index in [2.05, 4.69) is 0 Å². The molecule has 0 bridgehead atoms. The Morgan fingerprint density at radius 1 is 1.00 bits per heavy atom. The number of primary amides is 1. The highest BCUT2D eigenvalue weighted by Crippen LogP contribution is 2.35.